The molecule has 24 heavy (non-hydrogen) atoms. The second-order valence-corrected chi connectivity index (χ2v) is 6.51. The number of carbonyl (C=O) groups is 2. The van der Waals surface area contributed by atoms with Crippen LogP contribution in [0.3, 0.4) is 0 Å². The van der Waals surface area contributed by atoms with Crippen LogP contribution in [0.1, 0.15) is 50.5 Å². The summed E-state index contributed by atoms with van der Waals surface area (Å²) in [7, 11) is 1.43. The van der Waals surface area contributed by atoms with Crippen LogP contribution in [0.15, 0.2) is 24.4 Å². The lowest BCUT2D eigenvalue weighted by Gasteiger charge is -2.18. The molecule has 1 aliphatic rings. The number of aromatic nitrogens is 1. The van der Waals surface area contributed by atoms with Crippen LogP contribution >= 0.6 is 0 Å². The molecule has 0 bridgehead atoms. The van der Waals surface area contributed by atoms with E-state index in [-0.39, 0.29) is 17.9 Å². The van der Waals surface area contributed by atoms with Gasteiger partial charge in [0.25, 0.3) is 0 Å². The summed E-state index contributed by atoms with van der Waals surface area (Å²) in [5.74, 6) is 0.193. The second kappa shape index (κ2) is 7.07. The number of methoxy groups -OCH3 is 1. The summed E-state index contributed by atoms with van der Waals surface area (Å²) >= 11 is 0. The summed E-state index contributed by atoms with van der Waals surface area (Å²) in [6, 6.07) is 5.42. The average molecular weight is 329 g/mol. The number of fused-ring (bicyclic) bond motifs is 1. The molecule has 0 radical (unpaired) electrons. The molecule has 0 aliphatic heterocycles. The van der Waals surface area contributed by atoms with Crippen LogP contribution in [0.25, 0.3) is 10.9 Å². The van der Waals surface area contributed by atoms with Gasteiger partial charge in [-0.2, -0.15) is 0 Å². The van der Waals surface area contributed by atoms with Gasteiger partial charge in [0, 0.05) is 24.0 Å². The molecule has 0 saturated heterocycles. The minimum Gasteiger partial charge on any atom is -0.469 e. The number of rotatable bonds is 5. The first-order valence-corrected chi connectivity index (χ1v) is 8.45. The first-order valence-electron chi connectivity index (χ1n) is 8.45. The van der Waals surface area contributed by atoms with Gasteiger partial charge < -0.3 is 14.5 Å². The predicted octanol–water partition coefficient (Wildman–Crippen LogP) is 3.93. The Bertz CT molecular complexity index is 743. The van der Waals surface area contributed by atoms with Crippen LogP contribution < -0.4 is 4.74 Å². The number of carbonyl (C=O) groups excluding carboxylic acids is 2. The SMILES string of the molecule is COC(=O)C(CC1CCCC1)c1c[nH]c2ccc(OC(C)=O)cc12. The van der Waals surface area contributed by atoms with Crippen molar-refractivity contribution in [3.63, 3.8) is 0 Å². The van der Waals surface area contributed by atoms with Gasteiger partial charge in [0.2, 0.25) is 0 Å². The first kappa shape index (κ1) is 16.6. The van der Waals surface area contributed by atoms with Crippen molar-refractivity contribution in [2.24, 2.45) is 5.92 Å². The minimum absolute atomic E-state index is 0.208. The molecule has 5 heteroatoms. The fourth-order valence-electron chi connectivity index (χ4n) is 3.71. The summed E-state index contributed by atoms with van der Waals surface area (Å²) < 4.78 is 10.2. The lowest BCUT2D eigenvalue weighted by molar-refractivity contribution is -0.143. The molecule has 1 aromatic carbocycles. The van der Waals surface area contributed by atoms with E-state index in [0.29, 0.717) is 11.7 Å². The maximum atomic E-state index is 12.4. The molecule has 1 aromatic heterocycles. The highest BCUT2D eigenvalue weighted by Crippen LogP contribution is 2.38. The molecule has 128 valence electrons. The van der Waals surface area contributed by atoms with E-state index in [1.54, 1.807) is 6.07 Å². The van der Waals surface area contributed by atoms with E-state index in [9.17, 15) is 9.59 Å². The van der Waals surface area contributed by atoms with Crippen LogP contribution in [0, 0.1) is 5.92 Å². The average Bonchev–Trinajstić information content (AvgIpc) is 3.20. The Morgan fingerprint density at radius 3 is 2.71 bits per heavy atom. The topological polar surface area (TPSA) is 68.4 Å². The zero-order valence-corrected chi connectivity index (χ0v) is 14.1. The van der Waals surface area contributed by atoms with E-state index >= 15 is 0 Å². The summed E-state index contributed by atoms with van der Waals surface area (Å²) in [5, 5.41) is 0.905. The number of aromatic amines is 1. The van der Waals surface area contributed by atoms with Crippen molar-refractivity contribution < 1.29 is 19.1 Å². The molecule has 1 fully saturated rings. The third kappa shape index (κ3) is 3.45. The lowest BCUT2D eigenvalue weighted by Crippen LogP contribution is -2.17. The quantitative estimate of drug-likeness (QED) is 0.666. The van der Waals surface area contributed by atoms with Crippen molar-refractivity contribution in [3.05, 3.63) is 30.0 Å². The van der Waals surface area contributed by atoms with Crippen molar-refractivity contribution in [2.45, 2.75) is 44.9 Å². The number of nitrogens with one attached hydrogen (secondary N) is 1. The van der Waals surface area contributed by atoms with Crippen LogP contribution in [-0.2, 0) is 14.3 Å². The zero-order chi connectivity index (χ0) is 17.1. The number of ether oxygens (including phenoxy) is 2. The van der Waals surface area contributed by atoms with Gasteiger partial charge in [-0.25, -0.2) is 0 Å². The molecule has 0 spiro atoms. The van der Waals surface area contributed by atoms with E-state index in [1.807, 2.05) is 18.3 Å². The molecule has 0 amide bonds. The molecular weight excluding hydrogens is 306 g/mol. The first-order chi connectivity index (χ1) is 11.6. The van der Waals surface area contributed by atoms with Crippen molar-refractivity contribution in [1.82, 2.24) is 4.98 Å². The van der Waals surface area contributed by atoms with Gasteiger partial charge >= 0.3 is 11.9 Å². The van der Waals surface area contributed by atoms with E-state index < -0.39 is 0 Å². The number of H-pyrrole nitrogens is 1. The fourth-order valence-corrected chi connectivity index (χ4v) is 3.71. The fraction of sp³-hybridized carbons (Fsp3) is 0.474. The van der Waals surface area contributed by atoms with Crippen molar-refractivity contribution >= 4 is 22.8 Å². The molecule has 5 nitrogen and oxygen atoms in total. The van der Waals surface area contributed by atoms with Gasteiger partial charge in [-0.15, -0.1) is 0 Å². The van der Waals surface area contributed by atoms with Gasteiger partial charge in [-0.1, -0.05) is 25.7 Å². The molecule has 3 rings (SSSR count). The Balaban J connectivity index is 1.96. The monoisotopic (exact) mass is 329 g/mol. The maximum absolute atomic E-state index is 12.4. The highest BCUT2D eigenvalue weighted by Gasteiger charge is 2.29. The highest BCUT2D eigenvalue weighted by atomic mass is 16.5. The van der Waals surface area contributed by atoms with Gasteiger partial charge in [-0.05, 0) is 36.1 Å². The summed E-state index contributed by atoms with van der Waals surface area (Å²) in [6.07, 6.45) is 7.51. The van der Waals surface area contributed by atoms with Crippen LogP contribution in [-0.4, -0.2) is 24.0 Å². The van der Waals surface area contributed by atoms with Crippen molar-refractivity contribution in [3.8, 4) is 5.75 Å². The summed E-state index contributed by atoms with van der Waals surface area (Å²) in [6.45, 7) is 1.37. The van der Waals surface area contributed by atoms with Crippen LogP contribution in [0.2, 0.25) is 0 Å². The number of esters is 2. The maximum Gasteiger partial charge on any atom is 0.313 e. The molecular formula is C19H23NO4. The Hall–Kier alpha value is -2.30. The largest absolute Gasteiger partial charge is 0.469 e. The third-order valence-corrected chi connectivity index (χ3v) is 4.85. The van der Waals surface area contributed by atoms with Crippen LogP contribution in [0.5, 0.6) is 5.75 Å². The number of hydrogen-bond donors (Lipinski definition) is 1. The minimum atomic E-state index is -0.359. The zero-order valence-electron chi connectivity index (χ0n) is 14.1. The normalized spacial score (nSPS) is 16.2. The standard InChI is InChI=1S/C19H23NO4/c1-12(21)24-14-7-8-18-15(10-14)17(11-20-18)16(19(22)23-2)9-13-5-3-4-6-13/h7-8,10-11,13,16,20H,3-6,9H2,1-2H3. The van der Waals surface area contributed by atoms with E-state index in [4.69, 9.17) is 9.47 Å². The molecule has 1 saturated carbocycles. The predicted molar refractivity (Wildman–Crippen MR) is 90.9 cm³/mol. The molecule has 1 N–H and O–H groups in total. The third-order valence-electron chi connectivity index (χ3n) is 4.85. The van der Waals surface area contributed by atoms with Crippen molar-refractivity contribution in [2.75, 3.05) is 7.11 Å². The Kier molecular flexibility index (Phi) is 4.88. The molecule has 2 aromatic rings. The smallest absolute Gasteiger partial charge is 0.313 e. The molecule has 1 atom stereocenters. The summed E-state index contributed by atoms with van der Waals surface area (Å²) in [5.41, 5.74) is 1.83. The molecule has 1 aliphatic carbocycles. The summed E-state index contributed by atoms with van der Waals surface area (Å²) in [4.78, 5) is 26.8. The number of benzene rings is 1. The lowest BCUT2D eigenvalue weighted by atomic mass is 9.87. The van der Waals surface area contributed by atoms with Crippen molar-refractivity contribution in [1.29, 1.82) is 0 Å². The number of hydrogen-bond acceptors (Lipinski definition) is 4. The van der Waals surface area contributed by atoms with Gasteiger partial charge in [0.05, 0.1) is 13.0 Å². The molecule has 1 unspecified atom stereocenters. The Morgan fingerprint density at radius 2 is 2.04 bits per heavy atom. The van der Waals surface area contributed by atoms with E-state index in [0.717, 1.165) is 22.9 Å². The van der Waals surface area contributed by atoms with E-state index in [2.05, 4.69) is 4.98 Å². The molecule has 1 heterocycles. The van der Waals surface area contributed by atoms with Gasteiger partial charge in [-0.3, -0.25) is 9.59 Å². The Labute approximate surface area is 141 Å². The second-order valence-electron chi connectivity index (χ2n) is 6.51. The van der Waals surface area contributed by atoms with Gasteiger partial charge in [0.1, 0.15) is 5.75 Å². The van der Waals surface area contributed by atoms with E-state index in [1.165, 1.54) is 39.7 Å². The van der Waals surface area contributed by atoms with Gasteiger partial charge in [0.15, 0.2) is 0 Å². The Morgan fingerprint density at radius 1 is 1.29 bits per heavy atom. The highest BCUT2D eigenvalue weighted by molar-refractivity contribution is 5.91. The van der Waals surface area contributed by atoms with Crippen LogP contribution in [0.4, 0.5) is 0 Å².